The first kappa shape index (κ1) is 13.3. The summed E-state index contributed by atoms with van der Waals surface area (Å²) in [6.45, 7) is 3.07. The topological polar surface area (TPSA) is 12.0 Å². The first-order valence-corrected chi connectivity index (χ1v) is 7.84. The van der Waals surface area contributed by atoms with Crippen LogP contribution >= 0.6 is 43.2 Å². The van der Waals surface area contributed by atoms with Crippen molar-refractivity contribution < 1.29 is 0 Å². The summed E-state index contributed by atoms with van der Waals surface area (Å²) in [6, 6.07) is 10.8. The molecule has 1 unspecified atom stereocenters. The van der Waals surface area contributed by atoms with Gasteiger partial charge in [-0.25, -0.2) is 0 Å². The first-order chi connectivity index (χ1) is 8.16. The average Bonchev–Trinajstić information content (AvgIpc) is 2.72. The van der Waals surface area contributed by atoms with Crippen molar-refractivity contribution in [1.82, 2.24) is 5.32 Å². The smallest absolute Gasteiger partial charge is 0.0400 e. The summed E-state index contributed by atoms with van der Waals surface area (Å²) in [5.74, 6) is 0. The number of halogens is 2. The van der Waals surface area contributed by atoms with Crippen molar-refractivity contribution in [2.24, 2.45) is 0 Å². The molecule has 2 aromatic rings. The predicted molar refractivity (Wildman–Crippen MR) is 81.4 cm³/mol. The highest BCUT2D eigenvalue weighted by Gasteiger charge is 2.09. The van der Waals surface area contributed by atoms with Gasteiger partial charge in [0, 0.05) is 26.4 Å². The molecule has 0 fully saturated rings. The molecule has 0 spiro atoms. The van der Waals surface area contributed by atoms with E-state index in [0.29, 0.717) is 6.04 Å². The van der Waals surface area contributed by atoms with Crippen molar-refractivity contribution in [3.8, 4) is 0 Å². The normalized spacial score (nSPS) is 12.6. The lowest BCUT2D eigenvalue weighted by molar-refractivity contribution is 0.581. The average molecular weight is 375 g/mol. The molecule has 1 atom stereocenters. The van der Waals surface area contributed by atoms with Gasteiger partial charge in [0.15, 0.2) is 0 Å². The van der Waals surface area contributed by atoms with Crippen molar-refractivity contribution in [2.75, 3.05) is 0 Å². The van der Waals surface area contributed by atoms with Gasteiger partial charge >= 0.3 is 0 Å². The van der Waals surface area contributed by atoms with E-state index in [4.69, 9.17) is 0 Å². The SMILES string of the molecule is CC(NCc1cccc(Br)c1)c1sccc1Br. The molecule has 0 aliphatic rings. The third kappa shape index (κ3) is 3.65. The van der Waals surface area contributed by atoms with Crippen LogP contribution in [0.2, 0.25) is 0 Å². The molecule has 0 aliphatic carbocycles. The van der Waals surface area contributed by atoms with Crippen LogP contribution in [-0.2, 0) is 6.54 Å². The maximum atomic E-state index is 3.57. The summed E-state index contributed by atoms with van der Waals surface area (Å²) in [5, 5.41) is 5.64. The Morgan fingerprint density at radius 2 is 2.12 bits per heavy atom. The molecule has 2 rings (SSSR count). The Bertz CT molecular complexity index is 496. The summed E-state index contributed by atoms with van der Waals surface area (Å²) < 4.78 is 2.32. The molecule has 0 bridgehead atoms. The van der Waals surface area contributed by atoms with Gasteiger partial charge in [-0.05, 0) is 52.0 Å². The number of nitrogens with one attached hydrogen (secondary N) is 1. The monoisotopic (exact) mass is 373 g/mol. The third-order valence-electron chi connectivity index (χ3n) is 2.54. The Morgan fingerprint density at radius 1 is 1.29 bits per heavy atom. The Kier molecular flexibility index (Phi) is 4.79. The lowest BCUT2D eigenvalue weighted by atomic mass is 10.2. The summed E-state index contributed by atoms with van der Waals surface area (Å²) in [6.07, 6.45) is 0. The van der Waals surface area contributed by atoms with E-state index in [-0.39, 0.29) is 0 Å². The molecule has 1 heterocycles. The highest BCUT2D eigenvalue weighted by molar-refractivity contribution is 9.10. The zero-order chi connectivity index (χ0) is 12.3. The first-order valence-electron chi connectivity index (χ1n) is 5.37. The highest BCUT2D eigenvalue weighted by Crippen LogP contribution is 2.28. The molecule has 0 saturated heterocycles. The Morgan fingerprint density at radius 3 is 2.76 bits per heavy atom. The van der Waals surface area contributed by atoms with Gasteiger partial charge in [0.25, 0.3) is 0 Å². The zero-order valence-corrected chi connectivity index (χ0v) is 13.4. The van der Waals surface area contributed by atoms with Gasteiger partial charge in [-0.3, -0.25) is 0 Å². The Balaban J connectivity index is 1.97. The summed E-state index contributed by atoms with van der Waals surface area (Å²) in [7, 11) is 0. The van der Waals surface area contributed by atoms with Gasteiger partial charge in [-0.2, -0.15) is 0 Å². The van der Waals surface area contributed by atoms with E-state index in [1.807, 2.05) is 6.07 Å². The maximum absolute atomic E-state index is 3.57. The Labute approximate surface area is 123 Å². The van der Waals surface area contributed by atoms with E-state index in [0.717, 1.165) is 11.0 Å². The number of hydrogen-bond donors (Lipinski definition) is 1. The third-order valence-corrected chi connectivity index (χ3v) is 5.09. The number of hydrogen-bond acceptors (Lipinski definition) is 2. The molecular formula is C13H13Br2NS. The fourth-order valence-corrected chi connectivity index (χ4v) is 3.82. The second-order valence-corrected chi connectivity index (χ2v) is 6.58. The number of rotatable bonds is 4. The largest absolute Gasteiger partial charge is 0.305 e. The van der Waals surface area contributed by atoms with Gasteiger partial charge in [-0.1, -0.05) is 28.1 Å². The van der Waals surface area contributed by atoms with Crippen LogP contribution in [0.4, 0.5) is 0 Å². The van der Waals surface area contributed by atoms with Crippen LogP contribution in [0.25, 0.3) is 0 Å². The van der Waals surface area contributed by atoms with Crippen molar-refractivity contribution >= 4 is 43.2 Å². The van der Waals surface area contributed by atoms with E-state index in [2.05, 4.69) is 73.7 Å². The molecule has 90 valence electrons. The number of benzene rings is 1. The summed E-state index contributed by atoms with van der Waals surface area (Å²) >= 11 is 8.83. The summed E-state index contributed by atoms with van der Waals surface area (Å²) in [4.78, 5) is 1.35. The minimum absolute atomic E-state index is 0.364. The fraction of sp³-hybridized carbons (Fsp3) is 0.231. The van der Waals surface area contributed by atoms with Gasteiger partial charge in [0.1, 0.15) is 0 Å². The van der Waals surface area contributed by atoms with Gasteiger partial charge < -0.3 is 5.32 Å². The lowest BCUT2D eigenvalue weighted by Crippen LogP contribution is -2.17. The van der Waals surface area contributed by atoms with Crippen molar-refractivity contribution in [3.63, 3.8) is 0 Å². The quantitative estimate of drug-likeness (QED) is 0.782. The molecular weight excluding hydrogens is 362 g/mol. The van der Waals surface area contributed by atoms with Gasteiger partial charge in [-0.15, -0.1) is 11.3 Å². The highest BCUT2D eigenvalue weighted by atomic mass is 79.9. The van der Waals surface area contributed by atoms with Crippen LogP contribution in [-0.4, -0.2) is 0 Å². The molecule has 17 heavy (non-hydrogen) atoms. The predicted octanol–water partition coefficient (Wildman–Crippen LogP) is 5.12. The van der Waals surface area contributed by atoms with E-state index in [1.165, 1.54) is 14.9 Å². The van der Waals surface area contributed by atoms with Crippen LogP contribution in [0.3, 0.4) is 0 Å². The van der Waals surface area contributed by atoms with E-state index in [9.17, 15) is 0 Å². The lowest BCUT2D eigenvalue weighted by Gasteiger charge is -2.13. The van der Waals surface area contributed by atoms with E-state index < -0.39 is 0 Å². The molecule has 1 N–H and O–H groups in total. The zero-order valence-electron chi connectivity index (χ0n) is 9.41. The van der Waals surface area contributed by atoms with E-state index >= 15 is 0 Å². The van der Waals surface area contributed by atoms with Crippen LogP contribution < -0.4 is 5.32 Å². The fourth-order valence-electron chi connectivity index (χ4n) is 1.62. The van der Waals surface area contributed by atoms with Gasteiger partial charge in [0.05, 0.1) is 0 Å². The molecule has 4 heteroatoms. The van der Waals surface area contributed by atoms with Crippen molar-refractivity contribution in [2.45, 2.75) is 19.5 Å². The molecule has 0 amide bonds. The molecule has 1 aromatic carbocycles. The minimum Gasteiger partial charge on any atom is -0.305 e. The second-order valence-electron chi connectivity index (χ2n) is 3.87. The number of thiophene rings is 1. The van der Waals surface area contributed by atoms with Crippen LogP contribution in [0.5, 0.6) is 0 Å². The molecule has 0 aliphatic heterocycles. The van der Waals surface area contributed by atoms with Crippen molar-refractivity contribution in [1.29, 1.82) is 0 Å². The Hall–Kier alpha value is -0.160. The van der Waals surface area contributed by atoms with Gasteiger partial charge in [0.2, 0.25) is 0 Å². The molecule has 1 aromatic heterocycles. The van der Waals surface area contributed by atoms with Crippen molar-refractivity contribution in [3.05, 3.63) is 55.1 Å². The second kappa shape index (κ2) is 6.14. The van der Waals surface area contributed by atoms with Crippen LogP contribution in [0, 0.1) is 0 Å². The molecule has 1 nitrogen and oxygen atoms in total. The van der Waals surface area contributed by atoms with Crippen LogP contribution in [0.1, 0.15) is 23.4 Å². The van der Waals surface area contributed by atoms with Crippen LogP contribution in [0.15, 0.2) is 44.7 Å². The standard InChI is InChI=1S/C13H13Br2NS/c1-9(13-12(15)5-6-17-13)16-8-10-3-2-4-11(14)7-10/h2-7,9,16H,8H2,1H3. The van der Waals surface area contributed by atoms with E-state index in [1.54, 1.807) is 11.3 Å². The molecule has 0 radical (unpaired) electrons. The summed E-state index contributed by atoms with van der Waals surface area (Å²) in [5.41, 5.74) is 1.29. The molecule has 0 saturated carbocycles. The maximum Gasteiger partial charge on any atom is 0.0400 e. The minimum atomic E-state index is 0.364.